The minimum atomic E-state index is -4.24. The van der Waals surface area contributed by atoms with Crippen LogP contribution in [0.15, 0.2) is 15.9 Å². The molecular formula is C14H19BrF3NOS. The molecule has 2 nitrogen and oxygen atoms in total. The second-order valence-electron chi connectivity index (χ2n) is 5.47. The van der Waals surface area contributed by atoms with E-state index >= 15 is 0 Å². The van der Waals surface area contributed by atoms with Crippen molar-refractivity contribution in [3.63, 3.8) is 0 Å². The number of ether oxygens (including phenoxy) is 1. The van der Waals surface area contributed by atoms with Crippen molar-refractivity contribution >= 4 is 27.3 Å². The van der Waals surface area contributed by atoms with Gasteiger partial charge in [-0.2, -0.15) is 13.2 Å². The molecule has 1 aromatic heterocycles. The van der Waals surface area contributed by atoms with Crippen molar-refractivity contribution in [2.24, 2.45) is 0 Å². The van der Waals surface area contributed by atoms with E-state index < -0.39 is 12.8 Å². The zero-order valence-electron chi connectivity index (χ0n) is 11.8. The van der Waals surface area contributed by atoms with E-state index in [1.807, 2.05) is 5.38 Å². The molecule has 1 fully saturated rings. The topological polar surface area (TPSA) is 21.3 Å². The minimum Gasteiger partial charge on any atom is -0.369 e. The molecule has 1 aliphatic rings. The van der Waals surface area contributed by atoms with Gasteiger partial charge >= 0.3 is 6.18 Å². The fraction of sp³-hybridized carbons (Fsp3) is 0.714. The molecule has 0 aromatic carbocycles. The van der Waals surface area contributed by atoms with Gasteiger partial charge in [-0.3, -0.25) is 0 Å². The van der Waals surface area contributed by atoms with Gasteiger partial charge in [-0.25, -0.2) is 0 Å². The van der Waals surface area contributed by atoms with E-state index in [4.69, 9.17) is 4.74 Å². The fourth-order valence-corrected chi connectivity index (χ4v) is 4.11. The summed E-state index contributed by atoms with van der Waals surface area (Å²) in [6.07, 6.45) is -1.28. The Hall–Kier alpha value is -0.110. The van der Waals surface area contributed by atoms with Crippen LogP contribution in [0.5, 0.6) is 0 Å². The van der Waals surface area contributed by atoms with Gasteiger partial charge in [0.25, 0.3) is 0 Å². The van der Waals surface area contributed by atoms with Gasteiger partial charge in [0.2, 0.25) is 0 Å². The van der Waals surface area contributed by atoms with E-state index in [0.29, 0.717) is 12.8 Å². The molecule has 3 unspecified atom stereocenters. The summed E-state index contributed by atoms with van der Waals surface area (Å²) < 4.78 is 42.7. The van der Waals surface area contributed by atoms with Gasteiger partial charge in [0.1, 0.15) is 6.61 Å². The summed E-state index contributed by atoms with van der Waals surface area (Å²) >= 11 is 5.10. The van der Waals surface area contributed by atoms with Gasteiger partial charge in [0, 0.05) is 26.8 Å². The molecule has 1 aromatic rings. The maximum atomic E-state index is 12.2. The summed E-state index contributed by atoms with van der Waals surface area (Å²) in [7, 11) is 0. The highest BCUT2D eigenvalue weighted by Crippen LogP contribution is 2.29. The molecule has 1 saturated carbocycles. The summed E-state index contributed by atoms with van der Waals surface area (Å²) in [4.78, 5) is 1.22. The van der Waals surface area contributed by atoms with Crippen LogP contribution in [0.1, 0.15) is 43.5 Å². The molecule has 120 valence electrons. The SMILES string of the molecule is CC(NC1CCCC(OCC(F)(F)F)C1)c1cc(Br)cs1. The molecular weight excluding hydrogens is 367 g/mol. The summed E-state index contributed by atoms with van der Waals surface area (Å²) in [5, 5.41) is 5.54. The van der Waals surface area contributed by atoms with Crippen LogP contribution in [-0.4, -0.2) is 24.9 Å². The summed E-state index contributed by atoms with van der Waals surface area (Å²) in [6, 6.07) is 2.49. The van der Waals surface area contributed by atoms with Gasteiger partial charge in [0.15, 0.2) is 0 Å². The van der Waals surface area contributed by atoms with Gasteiger partial charge in [-0.15, -0.1) is 11.3 Å². The molecule has 3 atom stereocenters. The van der Waals surface area contributed by atoms with Crippen LogP contribution in [0.4, 0.5) is 13.2 Å². The normalized spacial score (nSPS) is 25.0. The Morgan fingerprint density at radius 3 is 2.86 bits per heavy atom. The van der Waals surface area contributed by atoms with E-state index in [9.17, 15) is 13.2 Å². The van der Waals surface area contributed by atoms with E-state index in [2.05, 4.69) is 34.2 Å². The molecule has 0 spiro atoms. The third-order valence-electron chi connectivity index (χ3n) is 3.61. The Bertz CT molecular complexity index is 452. The number of alkyl halides is 3. The first-order chi connectivity index (χ1) is 9.83. The quantitative estimate of drug-likeness (QED) is 0.765. The van der Waals surface area contributed by atoms with E-state index in [-0.39, 0.29) is 18.2 Å². The Balaban J connectivity index is 1.81. The highest BCUT2D eigenvalue weighted by atomic mass is 79.9. The Labute approximate surface area is 135 Å². The lowest BCUT2D eigenvalue weighted by atomic mass is 9.92. The largest absolute Gasteiger partial charge is 0.411 e. The minimum absolute atomic E-state index is 0.202. The van der Waals surface area contributed by atoms with Crippen LogP contribution in [0.25, 0.3) is 0 Å². The number of rotatable bonds is 5. The first-order valence-electron chi connectivity index (χ1n) is 7.02. The van der Waals surface area contributed by atoms with Crippen molar-refractivity contribution in [3.8, 4) is 0 Å². The third-order valence-corrected chi connectivity index (χ3v) is 5.49. The Kier molecular flexibility index (Phi) is 6.11. The van der Waals surface area contributed by atoms with Crippen molar-refractivity contribution in [2.75, 3.05) is 6.61 Å². The average molecular weight is 386 g/mol. The van der Waals surface area contributed by atoms with Crippen LogP contribution >= 0.6 is 27.3 Å². The molecule has 1 aliphatic carbocycles. The van der Waals surface area contributed by atoms with Crippen LogP contribution in [0.3, 0.4) is 0 Å². The maximum absolute atomic E-state index is 12.2. The molecule has 0 aliphatic heterocycles. The first-order valence-corrected chi connectivity index (χ1v) is 8.69. The Morgan fingerprint density at radius 1 is 1.48 bits per heavy atom. The predicted molar refractivity (Wildman–Crippen MR) is 81.6 cm³/mol. The predicted octanol–water partition coefficient (Wildman–Crippen LogP) is 5.05. The standard InChI is InChI=1S/C14H19BrF3NOS/c1-9(13-5-10(15)7-21-13)19-11-3-2-4-12(6-11)20-8-14(16,17)18/h5,7,9,11-12,19H,2-4,6,8H2,1H3. The zero-order valence-corrected chi connectivity index (χ0v) is 14.2. The van der Waals surface area contributed by atoms with Crippen LogP contribution < -0.4 is 5.32 Å². The van der Waals surface area contributed by atoms with E-state index in [0.717, 1.165) is 17.3 Å². The van der Waals surface area contributed by atoms with Crippen LogP contribution in [-0.2, 0) is 4.74 Å². The van der Waals surface area contributed by atoms with Gasteiger partial charge in [0.05, 0.1) is 6.10 Å². The molecule has 2 rings (SSSR count). The van der Waals surface area contributed by atoms with Gasteiger partial charge in [-0.1, -0.05) is 0 Å². The average Bonchev–Trinajstić information content (AvgIpc) is 2.83. The Morgan fingerprint density at radius 2 is 2.24 bits per heavy atom. The highest BCUT2D eigenvalue weighted by Gasteiger charge is 2.31. The molecule has 1 N–H and O–H groups in total. The lowest BCUT2D eigenvalue weighted by molar-refractivity contribution is -0.188. The number of thiophene rings is 1. The van der Waals surface area contributed by atoms with Gasteiger partial charge < -0.3 is 10.1 Å². The fourth-order valence-electron chi connectivity index (χ4n) is 2.65. The first kappa shape index (κ1) is 17.2. The molecule has 0 amide bonds. The molecule has 0 saturated heterocycles. The van der Waals surface area contributed by atoms with Crippen molar-refractivity contribution in [2.45, 2.75) is 57.0 Å². The number of hydrogen-bond acceptors (Lipinski definition) is 3. The van der Waals surface area contributed by atoms with E-state index in [1.54, 1.807) is 11.3 Å². The van der Waals surface area contributed by atoms with Crippen molar-refractivity contribution in [1.82, 2.24) is 5.32 Å². The second kappa shape index (κ2) is 7.44. The molecule has 1 heterocycles. The smallest absolute Gasteiger partial charge is 0.369 e. The van der Waals surface area contributed by atoms with Crippen LogP contribution in [0, 0.1) is 0 Å². The summed E-state index contributed by atoms with van der Waals surface area (Å²) in [5.41, 5.74) is 0. The summed E-state index contributed by atoms with van der Waals surface area (Å²) in [6.45, 7) is 0.941. The second-order valence-corrected chi connectivity index (χ2v) is 7.33. The van der Waals surface area contributed by atoms with Crippen molar-refractivity contribution < 1.29 is 17.9 Å². The molecule has 21 heavy (non-hydrogen) atoms. The van der Waals surface area contributed by atoms with Crippen molar-refractivity contribution in [1.29, 1.82) is 0 Å². The number of halogens is 4. The van der Waals surface area contributed by atoms with Gasteiger partial charge in [-0.05, 0) is 54.6 Å². The molecule has 0 bridgehead atoms. The number of nitrogens with one attached hydrogen (secondary N) is 1. The lowest BCUT2D eigenvalue weighted by Gasteiger charge is -2.32. The van der Waals surface area contributed by atoms with Crippen LogP contribution in [0.2, 0.25) is 0 Å². The zero-order chi connectivity index (χ0) is 15.5. The monoisotopic (exact) mass is 385 g/mol. The lowest BCUT2D eigenvalue weighted by Crippen LogP contribution is -2.39. The van der Waals surface area contributed by atoms with E-state index in [1.165, 1.54) is 4.88 Å². The third kappa shape index (κ3) is 5.88. The maximum Gasteiger partial charge on any atom is 0.411 e. The summed E-state index contributed by atoms with van der Waals surface area (Å²) in [5.74, 6) is 0. The molecule has 7 heteroatoms. The molecule has 0 radical (unpaired) electrons. The highest BCUT2D eigenvalue weighted by molar-refractivity contribution is 9.10. The van der Waals surface area contributed by atoms with Crippen molar-refractivity contribution in [3.05, 3.63) is 20.8 Å². The number of hydrogen-bond donors (Lipinski definition) is 1.